The summed E-state index contributed by atoms with van der Waals surface area (Å²) in [7, 11) is 2.96. The summed E-state index contributed by atoms with van der Waals surface area (Å²) in [5, 5.41) is 17.2. The van der Waals surface area contributed by atoms with E-state index in [0.29, 0.717) is 0 Å². The first-order chi connectivity index (χ1) is 5.33. The number of carbonyl (C=O) groups is 1. The number of aliphatic hydroxyl groups excluding tert-OH is 1. The van der Waals surface area contributed by atoms with Crippen molar-refractivity contribution in [2.75, 3.05) is 5.75 Å². The lowest BCUT2D eigenvalue weighted by Gasteiger charge is -2.16. The number of hydrogen-bond donors (Lipinski definition) is 2. The normalized spacial score (nSPS) is 14.3. The monoisotopic (exact) mass is 210 g/mol. The molecule has 12 heavy (non-hydrogen) atoms. The number of carboxylic acids is 1. The summed E-state index contributed by atoms with van der Waals surface area (Å²) < 4.78 is 0.100. The molecule has 0 rings (SSSR count). The minimum atomic E-state index is -1.25. The molecule has 0 spiro atoms. The zero-order valence-electron chi connectivity index (χ0n) is 7.40. The molecule has 0 amide bonds. The fraction of sp³-hybridized carbons (Fsp3) is 0.857. The molecule has 0 aliphatic rings. The Morgan fingerprint density at radius 3 is 2.33 bits per heavy atom. The van der Waals surface area contributed by atoms with Gasteiger partial charge in [0.2, 0.25) is 0 Å². The maximum absolute atomic E-state index is 10.2. The lowest BCUT2D eigenvalue weighted by molar-refractivity contribution is -0.145. The largest absolute Gasteiger partial charge is 0.479 e. The van der Waals surface area contributed by atoms with Gasteiger partial charge in [-0.1, -0.05) is 42.4 Å². The molecule has 72 valence electrons. The van der Waals surface area contributed by atoms with E-state index in [2.05, 4.69) is 0 Å². The van der Waals surface area contributed by atoms with E-state index in [1.165, 1.54) is 10.8 Å². The highest BCUT2D eigenvalue weighted by Crippen LogP contribution is 2.35. The average molecular weight is 210 g/mol. The molecule has 0 saturated heterocycles. The van der Waals surface area contributed by atoms with Crippen LogP contribution in [0.15, 0.2) is 0 Å². The van der Waals surface area contributed by atoms with E-state index >= 15 is 0 Å². The van der Waals surface area contributed by atoms with Gasteiger partial charge in [0.05, 0.1) is 0 Å². The van der Waals surface area contributed by atoms with Gasteiger partial charge in [-0.05, 0) is 0 Å². The molecule has 0 aliphatic heterocycles. The molecule has 0 aromatic rings. The number of aliphatic carboxylic acids is 1. The lowest BCUT2D eigenvalue weighted by atomic mass is 10.3. The van der Waals surface area contributed by atoms with E-state index in [1.807, 2.05) is 20.8 Å². The standard InChI is InChI=1S/C7H14O3S2/c1-7(2,3)12-11-4-5(8)6(9)10/h5,8H,4H2,1-3H3,(H,9,10). The van der Waals surface area contributed by atoms with Gasteiger partial charge in [0.25, 0.3) is 0 Å². The zero-order valence-corrected chi connectivity index (χ0v) is 9.04. The van der Waals surface area contributed by atoms with Crippen LogP contribution in [0.25, 0.3) is 0 Å². The zero-order chi connectivity index (χ0) is 9.78. The molecule has 0 radical (unpaired) electrons. The number of aliphatic hydroxyl groups is 1. The second-order valence-electron chi connectivity index (χ2n) is 3.33. The van der Waals surface area contributed by atoms with Crippen LogP contribution in [0.3, 0.4) is 0 Å². The number of carboxylic acid groups (broad SMARTS) is 1. The number of rotatable bonds is 4. The predicted octanol–water partition coefficient (Wildman–Crippen LogP) is 1.61. The lowest BCUT2D eigenvalue weighted by Crippen LogP contribution is -2.21. The second-order valence-corrected chi connectivity index (χ2v) is 6.50. The third-order valence-corrected chi connectivity index (χ3v) is 4.15. The molecule has 0 aromatic heterocycles. The Kier molecular flexibility index (Phi) is 5.04. The van der Waals surface area contributed by atoms with Gasteiger partial charge in [0, 0.05) is 10.5 Å². The predicted molar refractivity (Wildman–Crippen MR) is 53.4 cm³/mol. The second kappa shape index (κ2) is 4.99. The van der Waals surface area contributed by atoms with Crippen molar-refractivity contribution < 1.29 is 15.0 Å². The van der Waals surface area contributed by atoms with Crippen LogP contribution in [-0.2, 0) is 4.79 Å². The first kappa shape index (κ1) is 12.1. The van der Waals surface area contributed by atoms with E-state index < -0.39 is 12.1 Å². The van der Waals surface area contributed by atoms with E-state index in [4.69, 9.17) is 10.2 Å². The third-order valence-electron chi connectivity index (χ3n) is 0.820. The summed E-state index contributed by atoms with van der Waals surface area (Å²) >= 11 is 0. The van der Waals surface area contributed by atoms with Gasteiger partial charge in [-0.2, -0.15) is 0 Å². The van der Waals surface area contributed by atoms with Crippen molar-refractivity contribution in [2.45, 2.75) is 31.6 Å². The van der Waals surface area contributed by atoms with Gasteiger partial charge < -0.3 is 10.2 Å². The number of hydrogen-bond acceptors (Lipinski definition) is 4. The average Bonchev–Trinajstić information content (AvgIpc) is 1.84. The SMILES string of the molecule is CC(C)(C)SSCC(O)C(=O)O. The summed E-state index contributed by atoms with van der Waals surface area (Å²) in [5.41, 5.74) is 0. The summed E-state index contributed by atoms with van der Waals surface area (Å²) in [6.07, 6.45) is -1.25. The maximum atomic E-state index is 10.2. The first-order valence-corrected chi connectivity index (χ1v) is 5.86. The van der Waals surface area contributed by atoms with Gasteiger partial charge >= 0.3 is 5.97 Å². The van der Waals surface area contributed by atoms with Crippen molar-refractivity contribution in [1.29, 1.82) is 0 Å². The highest BCUT2D eigenvalue weighted by molar-refractivity contribution is 8.77. The molecule has 0 bridgehead atoms. The molecule has 0 saturated carbocycles. The van der Waals surface area contributed by atoms with Crippen LogP contribution in [-0.4, -0.2) is 32.8 Å². The van der Waals surface area contributed by atoms with Crippen molar-refractivity contribution in [3.8, 4) is 0 Å². The van der Waals surface area contributed by atoms with Crippen molar-refractivity contribution in [2.24, 2.45) is 0 Å². The van der Waals surface area contributed by atoms with Crippen LogP contribution < -0.4 is 0 Å². The molecular weight excluding hydrogens is 196 g/mol. The molecule has 5 heteroatoms. The molecule has 0 aliphatic carbocycles. The van der Waals surface area contributed by atoms with Gasteiger partial charge in [-0.25, -0.2) is 4.79 Å². The Morgan fingerprint density at radius 2 is 2.00 bits per heavy atom. The summed E-state index contributed by atoms with van der Waals surface area (Å²) in [6.45, 7) is 6.12. The van der Waals surface area contributed by atoms with E-state index in [0.717, 1.165) is 0 Å². The molecule has 0 fully saturated rings. The third kappa shape index (κ3) is 6.82. The maximum Gasteiger partial charge on any atom is 0.333 e. The molecular formula is C7H14O3S2. The quantitative estimate of drug-likeness (QED) is 0.690. The summed E-state index contributed by atoms with van der Waals surface area (Å²) in [6, 6.07) is 0. The van der Waals surface area contributed by atoms with Gasteiger partial charge in [0.1, 0.15) is 0 Å². The van der Waals surface area contributed by atoms with Gasteiger partial charge in [-0.15, -0.1) is 0 Å². The first-order valence-electron chi connectivity index (χ1n) is 3.54. The van der Waals surface area contributed by atoms with Crippen LogP contribution in [0.4, 0.5) is 0 Å². The Bertz CT molecular complexity index is 153. The van der Waals surface area contributed by atoms with Gasteiger partial charge in [-0.3, -0.25) is 0 Å². The van der Waals surface area contributed by atoms with Crippen LogP contribution in [0.2, 0.25) is 0 Å². The Balaban J connectivity index is 3.51. The van der Waals surface area contributed by atoms with E-state index in [-0.39, 0.29) is 10.5 Å². The fourth-order valence-corrected chi connectivity index (χ4v) is 2.69. The van der Waals surface area contributed by atoms with Gasteiger partial charge in [0.15, 0.2) is 6.10 Å². The van der Waals surface area contributed by atoms with Crippen LogP contribution >= 0.6 is 21.6 Å². The molecule has 1 atom stereocenters. The minimum Gasteiger partial charge on any atom is -0.479 e. The van der Waals surface area contributed by atoms with Crippen molar-refractivity contribution in [3.63, 3.8) is 0 Å². The van der Waals surface area contributed by atoms with Crippen LogP contribution in [0.5, 0.6) is 0 Å². The minimum absolute atomic E-state index is 0.100. The highest BCUT2D eigenvalue weighted by atomic mass is 33.1. The smallest absolute Gasteiger partial charge is 0.333 e. The summed E-state index contributed by atoms with van der Waals surface area (Å²) in [4.78, 5) is 10.2. The molecule has 0 heterocycles. The highest BCUT2D eigenvalue weighted by Gasteiger charge is 2.16. The molecule has 1 unspecified atom stereocenters. The van der Waals surface area contributed by atoms with Crippen molar-refractivity contribution in [1.82, 2.24) is 0 Å². The Hall–Kier alpha value is 0.130. The van der Waals surface area contributed by atoms with Crippen LogP contribution in [0, 0.1) is 0 Å². The van der Waals surface area contributed by atoms with E-state index in [1.54, 1.807) is 10.8 Å². The molecule has 2 N–H and O–H groups in total. The molecule has 0 aromatic carbocycles. The van der Waals surface area contributed by atoms with E-state index in [9.17, 15) is 4.79 Å². The summed E-state index contributed by atoms with van der Waals surface area (Å²) in [5.74, 6) is -0.922. The van der Waals surface area contributed by atoms with Crippen molar-refractivity contribution in [3.05, 3.63) is 0 Å². The fourth-order valence-electron chi connectivity index (χ4n) is 0.347. The molecule has 3 nitrogen and oxygen atoms in total. The Labute approximate surface area is 80.3 Å². The Morgan fingerprint density at radius 1 is 1.50 bits per heavy atom. The van der Waals surface area contributed by atoms with Crippen molar-refractivity contribution >= 4 is 27.6 Å². The topological polar surface area (TPSA) is 57.5 Å². The van der Waals surface area contributed by atoms with Crippen LogP contribution in [0.1, 0.15) is 20.8 Å².